The van der Waals surface area contributed by atoms with Crippen molar-refractivity contribution in [1.82, 2.24) is 10.2 Å². The lowest BCUT2D eigenvalue weighted by Gasteiger charge is -2.30. The van der Waals surface area contributed by atoms with Gasteiger partial charge in [0.05, 0.1) is 0 Å². The summed E-state index contributed by atoms with van der Waals surface area (Å²) >= 11 is 0. The summed E-state index contributed by atoms with van der Waals surface area (Å²) in [6.07, 6.45) is 6.06. The number of para-hydroxylation sites is 1. The van der Waals surface area contributed by atoms with Gasteiger partial charge in [-0.15, -0.1) is 0 Å². The van der Waals surface area contributed by atoms with Gasteiger partial charge >= 0.3 is 0 Å². The maximum absolute atomic E-state index is 12.6. The number of hydrogen-bond acceptors (Lipinski definition) is 3. The third-order valence-electron chi connectivity index (χ3n) is 5.30. The number of nitrogens with one attached hydrogen (secondary N) is 1. The predicted octanol–water partition coefficient (Wildman–Crippen LogP) is 2.35. The van der Waals surface area contributed by atoms with Crippen LogP contribution in [0.1, 0.15) is 44.6 Å². The van der Waals surface area contributed by atoms with Crippen molar-refractivity contribution in [2.24, 2.45) is 0 Å². The fourth-order valence-corrected chi connectivity index (χ4v) is 3.85. The molecular weight excluding hydrogens is 314 g/mol. The van der Waals surface area contributed by atoms with Crippen molar-refractivity contribution in [3.63, 3.8) is 0 Å². The molecule has 1 saturated heterocycles. The van der Waals surface area contributed by atoms with Crippen LogP contribution in [0.25, 0.3) is 0 Å². The molecule has 0 spiro atoms. The zero-order valence-corrected chi connectivity index (χ0v) is 15.2. The van der Waals surface area contributed by atoms with E-state index in [1.165, 1.54) is 19.3 Å². The van der Waals surface area contributed by atoms with Crippen LogP contribution in [0.15, 0.2) is 24.3 Å². The standard InChI is InChI=1S/C20H29N3O2/c1-16(20(25)21-12-15-22-13-5-2-6-14-22)23-18-10-4-3-8-17(18)9-7-11-19(23)24/h3-4,8,10,16H,2,5-7,9,11-15H2,1H3,(H,21,25). The van der Waals surface area contributed by atoms with Gasteiger partial charge in [-0.25, -0.2) is 0 Å². The minimum atomic E-state index is -0.479. The number of fused-ring (bicyclic) bond motifs is 1. The van der Waals surface area contributed by atoms with E-state index in [4.69, 9.17) is 0 Å². The Kier molecular flexibility index (Phi) is 6.08. The van der Waals surface area contributed by atoms with Crippen molar-refractivity contribution < 1.29 is 9.59 Å². The van der Waals surface area contributed by atoms with Crippen LogP contribution < -0.4 is 10.2 Å². The lowest BCUT2D eigenvalue weighted by molar-refractivity contribution is -0.126. The second-order valence-corrected chi connectivity index (χ2v) is 7.12. The summed E-state index contributed by atoms with van der Waals surface area (Å²) in [5.41, 5.74) is 2.05. The number of amides is 2. The van der Waals surface area contributed by atoms with E-state index in [-0.39, 0.29) is 11.8 Å². The molecule has 5 heteroatoms. The van der Waals surface area contributed by atoms with E-state index in [0.29, 0.717) is 13.0 Å². The van der Waals surface area contributed by atoms with Crippen molar-refractivity contribution in [2.75, 3.05) is 31.1 Å². The fraction of sp³-hybridized carbons (Fsp3) is 0.600. The van der Waals surface area contributed by atoms with E-state index in [2.05, 4.69) is 16.3 Å². The van der Waals surface area contributed by atoms with Crippen LogP contribution in [0.2, 0.25) is 0 Å². The molecule has 1 fully saturated rings. The minimum absolute atomic E-state index is 0.0450. The van der Waals surface area contributed by atoms with Crippen molar-refractivity contribution in [3.05, 3.63) is 29.8 Å². The molecule has 1 aromatic carbocycles. The van der Waals surface area contributed by atoms with Crippen LogP contribution >= 0.6 is 0 Å². The van der Waals surface area contributed by atoms with Crippen LogP contribution in [0.5, 0.6) is 0 Å². The Bertz CT molecular complexity index is 611. The molecule has 0 aliphatic carbocycles. The van der Waals surface area contributed by atoms with Gasteiger partial charge in [-0.2, -0.15) is 0 Å². The van der Waals surface area contributed by atoms with E-state index < -0.39 is 6.04 Å². The largest absolute Gasteiger partial charge is 0.353 e. The number of anilines is 1. The summed E-state index contributed by atoms with van der Waals surface area (Å²) in [6.45, 7) is 5.62. The second kappa shape index (κ2) is 8.48. The maximum atomic E-state index is 12.6. The fourth-order valence-electron chi connectivity index (χ4n) is 3.85. The molecule has 0 bridgehead atoms. The second-order valence-electron chi connectivity index (χ2n) is 7.12. The molecule has 0 radical (unpaired) electrons. The highest BCUT2D eigenvalue weighted by molar-refractivity contribution is 6.01. The van der Waals surface area contributed by atoms with Gasteiger partial charge in [0, 0.05) is 25.2 Å². The van der Waals surface area contributed by atoms with Gasteiger partial charge in [-0.3, -0.25) is 14.5 Å². The van der Waals surface area contributed by atoms with Crippen molar-refractivity contribution in [3.8, 4) is 0 Å². The lowest BCUT2D eigenvalue weighted by Crippen LogP contribution is -2.49. The summed E-state index contributed by atoms with van der Waals surface area (Å²) < 4.78 is 0. The molecule has 0 aromatic heterocycles. The summed E-state index contributed by atoms with van der Waals surface area (Å²) in [5.74, 6) is -0.0225. The first-order valence-corrected chi connectivity index (χ1v) is 9.57. The highest BCUT2D eigenvalue weighted by Gasteiger charge is 2.30. The van der Waals surface area contributed by atoms with E-state index in [1.54, 1.807) is 4.90 Å². The van der Waals surface area contributed by atoms with Crippen LogP contribution in [0.4, 0.5) is 5.69 Å². The molecule has 1 N–H and O–H groups in total. The Labute approximate surface area is 150 Å². The molecule has 1 unspecified atom stereocenters. The van der Waals surface area contributed by atoms with Crippen molar-refractivity contribution >= 4 is 17.5 Å². The molecule has 2 aliphatic heterocycles. The highest BCUT2D eigenvalue weighted by atomic mass is 16.2. The molecule has 25 heavy (non-hydrogen) atoms. The Hall–Kier alpha value is -1.88. The van der Waals surface area contributed by atoms with Crippen molar-refractivity contribution in [2.45, 2.75) is 51.5 Å². The molecular formula is C20H29N3O2. The molecule has 2 aliphatic rings. The number of carbonyl (C=O) groups excluding carboxylic acids is 2. The third-order valence-corrected chi connectivity index (χ3v) is 5.30. The molecule has 1 aromatic rings. The van der Waals surface area contributed by atoms with Gasteiger partial charge in [-0.1, -0.05) is 24.6 Å². The van der Waals surface area contributed by atoms with Gasteiger partial charge in [-0.05, 0) is 57.3 Å². The average molecular weight is 343 g/mol. The Morgan fingerprint density at radius 3 is 2.68 bits per heavy atom. The first-order valence-electron chi connectivity index (χ1n) is 9.57. The molecule has 2 heterocycles. The summed E-state index contributed by atoms with van der Waals surface area (Å²) in [5, 5.41) is 3.02. The summed E-state index contributed by atoms with van der Waals surface area (Å²) in [7, 11) is 0. The Balaban J connectivity index is 1.61. The zero-order valence-electron chi connectivity index (χ0n) is 15.2. The number of likely N-dealkylation sites (tertiary alicyclic amines) is 1. The van der Waals surface area contributed by atoms with Gasteiger partial charge in [0.15, 0.2) is 0 Å². The number of nitrogens with zero attached hydrogens (tertiary/aromatic N) is 2. The summed E-state index contributed by atoms with van der Waals surface area (Å²) in [4.78, 5) is 29.3. The van der Waals surface area contributed by atoms with Gasteiger partial charge < -0.3 is 10.2 Å². The first-order chi connectivity index (χ1) is 12.2. The molecule has 5 nitrogen and oxygen atoms in total. The van der Waals surface area contributed by atoms with Crippen LogP contribution in [-0.4, -0.2) is 48.9 Å². The summed E-state index contributed by atoms with van der Waals surface area (Å²) in [6, 6.07) is 7.47. The number of carbonyl (C=O) groups is 2. The Morgan fingerprint density at radius 1 is 1.12 bits per heavy atom. The number of piperidine rings is 1. The minimum Gasteiger partial charge on any atom is -0.353 e. The monoisotopic (exact) mass is 343 g/mol. The quantitative estimate of drug-likeness (QED) is 0.893. The van der Waals surface area contributed by atoms with Crippen LogP contribution in [0, 0.1) is 0 Å². The van der Waals surface area contributed by atoms with Crippen LogP contribution in [-0.2, 0) is 16.0 Å². The average Bonchev–Trinajstić information content (AvgIpc) is 2.80. The first kappa shape index (κ1) is 17.9. The highest BCUT2D eigenvalue weighted by Crippen LogP contribution is 2.28. The van der Waals surface area contributed by atoms with E-state index in [1.807, 2.05) is 25.1 Å². The number of rotatable bonds is 5. The van der Waals surface area contributed by atoms with Crippen LogP contribution in [0.3, 0.4) is 0 Å². The SMILES string of the molecule is CC(C(=O)NCCN1CCCCC1)N1C(=O)CCCc2ccccc21. The maximum Gasteiger partial charge on any atom is 0.242 e. The molecule has 2 amide bonds. The van der Waals surface area contributed by atoms with E-state index in [0.717, 1.165) is 43.7 Å². The van der Waals surface area contributed by atoms with Crippen molar-refractivity contribution in [1.29, 1.82) is 0 Å². The van der Waals surface area contributed by atoms with Gasteiger partial charge in [0.25, 0.3) is 0 Å². The van der Waals surface area contributed by atoms with Gasteiger partial charge in [0.2, 0.25) is 11.8 Å². The number of benzene rings is 1. The third kappa shape index (κ3) is 4.40. The van der Waals surface area contributed by atoms with E-state index in [9.17, 15) is 9.59 Å². The number of aryl methyl sites for hydroxylation is 1. The van der Waals surface area contributed by atoms with E-state index >= 15 is 0 Å². The number of hydrogen-bond donors (Lipinski definition) is 1. The molecule has 3 rings (SSSR count). The topological polar surface area (TPSA) is 52.7 Å². The Morgan fingerprint density at radius 2 is 1.88 bits per heavy atom. The molecule has 0 saturated carbocycles. The van der Waals surface area contributed by atoms with Gasteiger partial charge in [0.1, 0.15) is 6.04 Å². The molecule has 1 atom stereocenters. The normalized spacial score (nSPS) is 19.9. The lowest BCUT2D eigenvalue weighted by atomic mass is 10.1. The smallest absolute Gasteiger partial charge is 0.242 e. The zero-order chi connectivity index (χ0) is 17.6. The predicted molar refractivity (Wildman–Crippen MR) is 99.6 cm³/mol. The molecule has 136 valence electrons.